The Bertz CT molecular complexity index is 354. The van der Waals surface area contributed by atoms with Crippen LogP contribution in [0.25, 0.3) is 0 Å². The first-order chi connectivity index (χ1) is 7.00. The molecule has 0 spiro atoms. The van der Waals surface area contributed by atoms with Crippen molar-refractivity contribution in [3.63, 3.8) is 0 Å². The monoisotopic (exact) mass is 319 g/mol. The van der Waals surface area contributed by atoms with Crippen LogP contribution >= 0.6 is 22.6 Å². The molecule has 0 saturated heterocycles. The van der Waals surface area contributed by atoms with E-state index in [1.165, 1.54) is 3.57 Å². The van der Waals surface area contributed by atoms with Crippen LogP contribution in [0.5, 0.6) is 0 Å². The van der Waals surface area contributed by atoms with Crippen LogP contribution in [-0.4, -0.2) is 29.1 Å². The van der Waals surface area contributed by atoms with E-state index in [0.717, 1.165) is 5.56 Å². The highest BCUT2D eigenvalue weighted by Crippen LogP contribution is 2.10. The Morgan fingerprint density at radius 1 is 1.60 bits per heavy atom. The van der Waals surface area contributed by atoms with Gasteiger partial charge in [0.25, 0.3) is 0 Å². The Morgan fingerprint density at radius 3 is 2.80 bits per heavy atom. The average molecular weight is 319 g/mol. The van der Waals surface area contributed by atoms with E-state index in [1.807, 2.05) is 30.1 Å². The van der Waals surface area contributed by atoms with E-state index in [2.05, 4.69) is 28.7 Å². The zero-order valence-corrected chi connectivity index (χ0v) is 10.9. The molecule has 3 nitrogen and oxygen atoms in total. The molecule has 1 aromatic rings. The Balaban J connectivity index is 2.66. The fourth-order valence-corrected chi connectivity index (χ4v) is 1.86. The summed E-state index contributed by atoms with van der Waals surface area (Å²) in [6.07, 6.45) is 0. The Kier molecular flexibility index (Phi) is 4.53. The van der Waals surface area contributed by atoms with E-state index in [0.29, 0.717) is 6.54 Å². The summed E-state index contributed by atoms with van der Waals surface area (Å²) >= 11 is 2.25. The molecule has 82 valence electrons. The van der Waals surface area contributed by atoms with Crippen LogP contribution in [0.15, 0.2) is 24.3 Å². The molecule has 0 saturated carbocycles. The second-order valence-corrected chi connectivity index (χ2v) is 4.80. The first kappa shape index (κ1) is 12.4. The van der Waals surface area contributed by atoms with Crippen LogP contribution in [0.4, 0.5) is 0 Å². The number of carboxylic acid groups (broad SMARTS) is 1. The summed E-state index contributed by atoms with van der Waals surface area (Å²) in [5.41, 5.74) is 1.14. The number of hydrogen-bond acceptors (Lipinski definition) is 2. The smallest absolute Gasteiger partial charge is 0.320 e. The summed E-state index contributed by atoms with van der Waals surface area (Å²) in [4.78, 5) is 12.6. The lowest BCUT2D eigenvalue weighted by Gasteiger charge is -2.21. The van der Waals surface area contributed by atoms with Crippen LogP contribution in [0.2, 0.25) is 0 Å². The highest BCUT2D eigenvalue weighted by Gasteiger charge is 2.16. The van der Waals surface area contributed by atoms with Crippen molar-refractivity contribution in [1.82, 2.24) is 4.90 Å². The molecule has 0 heterocycles. The van der Waals surface area contributed by atoms with Crippen molar-refractivity contribution in [2.75, 3.05) is 7.05 Å². The maximum absolute atomic E-state index is 10.8. The number of aliphatic carboxylic acids is 1. The van der Waals surface area contributed by atoms with Gasteiger partial charge in [-0.05, 0) is 54.3 Å². The van der Waals surface area contributed by atoms with Crippen molar-refractivity contribution in [3.8, 4) is 0 Å². The summed E-state index contributed by atoms with van der Waals surface area (Å²) < 4.78 is 1.17. The summed E-state index contributed by atoms with van der Waals surface area (Å²) in [5.74, 6) is -0.789. The van der Waals surface area contributed by atoms with E-state index in [9.17, 15) is 4.79 Å². The standard InChI is InChI=1S/C11H14INO2/c1-8(11(14)15)13(2)7-9-4-3-5-10(12)6-9/h3-6,8H,7H2,1-2H3,(H,14,15). The molecule has 0 amide bonds. The maximum atomic E-state index is 10.8. The third-order valence-electron chi connectivity index (χ3n) is 2.34. The predicted octanol–water partition coefficient (Wildman–Crippen LogP) is 2.20. The van der Waals surface area contributed by atoms with Gasteiger partial charge in [0, 0.05) is 10.1 Å². The predicted molar refractivity (Wildman–Crippen MR) is 67.7 cm³/mol. The van der Waals surface area contributed by atoms with Gasteiger partial charge < -0.3 is 5.11 Å². The van der Waals surface area contributed by atoms with Gasteiger partial charge in [-0.25, -0.2) is 0 Å². The molecule has 1 unspecified atom stereocenters. The summed E-state index contributed by atoms with van der Waals surface area (Å²) in [5, 5.41) is 8.84. The third kappa shape index (κ3) is 3.79. The lowest BCUT2D eigenvalue weighted by Crippen LogP contribution is -2.35. The van der Waals surface area contributed by atoms with Crippen LogP contribution in [-0.2, 0) is 11.3 Å². The number of hydrogen-bond donors (Lipinski definition) is 1. The number of halogens is 1. The average Bonchev–Trinajstić information content (AvgIpc) is 2.16. The van der Waals surface area contributed by atoms with E-state index in [4.69, 9.17) is 5.11 Å². The van der Waals surface area contributed by atoms with Crippen LogP contribution < -0.4 is 0 Å². The van der Waals surface area contributed by atoms with Crippen LogP contribution in [0, 0.1) is 3.57 Å². The minimum absolute atomic E-state index is 0.456. The molecule has 0 fully saturated rings. The molecule has 0 radical (unpaired) electrons. The van der Waals surface area contributed by atoms with Gasteiger partial charge in [-0.15, -0.1) is 0 Å². The number of carboxylic acids is 1. The molecule has 0 aliphatic rings. The SMILES string of the molecule is CC(C(=O)O)N(C)Cc1cccc(I)c1. The molecule has 1 aromatic carbocycles. The van der Waals surface area contributed by atoms with E-state index in [1.54, 1.807) is 6.92 Å². The van der Waals surface area contributed by atoms with Crippen molar-refractivity contribution in [3.05, 3.63) is 33.4 Å². The normalized spacial score (nSPS) is 12.8. The molecule has 1 atom stereocenters. The van der Waals surface area contributed by atoms with Crippen molar-refractivity contribution in [2.45, 2.75) is 19.5 Å². The molecule has 1 rings (SSSR count). The third-order valence-corrected chi connectivity index (χ3v) is 3.01. The second kappa shape index (κ2) is 5.46. The lowest BCUT2D eigenvalue weighted by atomic mass is 10.2. The van der Waals surface area contributed by atoms with Gasteiger partial charge in [0.05, 0.1) is 0 Å². The first-order valence-corrected chi connectivity index (χ1v) is 5.76. The summed E-state index contributed by atoms with van der Waals surface area (Å²) in [6, 6.07) is 7.61. The molecule has 0 aliphatic carbocycles. The van der Waals surface area contributed by atoms with Gasteiger partial charge in [0.2, 0.25) is 0 Å². The number of nitrogens with zero attached hydrogens (tertiary/aromatic N) is 1. The maximum Gasteiger partial charge on any atom is 0.320 e. The topological polar surface area (TPSA) is 40.5 Å². The lowest BCUT2D eigenvalue weighted by molar-refractivity contribution is -0.142. The highest BCUT2D eigenvalue weighted by molar-refractivity contribution is 14.1. The Morgan fingerprint density at radius 2 is 2.27 bits per heavy atom. The van der Waals surface area contributed by atoms with Crippen molar-refractivity contribution in [1.29, 1.82) is 0 Å². The zero-order chi connectivity index (χ0) is 11.4. The van der Waals surface area contributed by atoms with E-state index >= 15 is 0 Å². The van der Waals surface area contributed by atoms with Crippen LogP contribution in [0.1, 0.15) is 12.5 Å². The molecule has 4 heteroatoms. The van der Waals surface area contributed by atoms with Crippen molar-refractivity contribution < 1.29 is 9.90 Å². The number of carbonyl (C=O) groups is 1. The van der Waals surface area contributed by atoms with Crippen molar-refractivity contribution in [2.24, 2.45) is 0 Å². The molecule has 0 aliphatic heterocycles. The molecule has 0 bridgehead atoms. The van der Waals surface area contributed by atoms with Crippen LogP contribution in [0.3, 0.4) is 0 Å². The van der Waals surface area contributed by atoms with Gasteiger partial charge in [0.15, 0.2) is 0 Å². The number of rotatable bonds is 4. The first-order valence-electron chi connectivity index (χ1n) is 4.68. The minimum atomic E-state index is -0.789. The van der Waals surface area contributed by atoms with Gasteiger partial charge >= 0.3 is 5.97 Å². The quantitative estimate of drug-likeness (QED) is 0.865. The van der Waals surface area contributed by atoms with E-state index in [-0.39, 0.29) is 0 Å². The summed E-state index contributed by atoms with van der Waals surface area (Å²) in [6.45, 7) is 2.35. The fraction of sp³-hybridized carbons (Fsp3) is 0.364. The van der Waals surface area contributed by atoms with Gasteiger partial charge in [0.1, 0.15) is 6.04 Å². The Labute approximate surface area is 103 Å². The number of benzene rings is 1. The molecule has 1 N–H and O–H groups in total. The fourth-order valence-electron chi connectivity index (χ4n) is 1.25. The second-order valence-electron chi connectivity index (χ2n) is 3.56. The van der Waals surface area contributed by atoms with Crippen molar-refractivity contribution >= 4 is 28.6 Å². The molecular formula is C11H14INO2. The van der Waals surface area contributed by atoms with Gasteiger partial charge in [-0.1, -0.05) is 12.1 Å². The zero-order valence-electron chi connectivity index (χ0n) is 8.77. The number of likely N-dealkylation sites (N-methyl/N-ethyl adjacent to an activating group) is 1. The van der Waals surface area contributed by atoms with Gasteiger partial charge in [-0.2, -0.15) is 0 Å². The van der Waals surface area contributed by atoms with Gasteiger partial charge in [-0.3, -0.25) is 9.69 Å². The molecule has 15 heavy (non-hydrogen) atoms. The minimum Gasteiger partial charge on any atom is -0.480 e. The molecular weight excluding hydrogens is 305 g/mol. The highest BCUT2D eigenvalue weighted by atomic mass is 127. The summed E-state index contributed by atoms with van der Waals surface area (Å²) in [7, 11) is 1.82. The largest absolute Gasteiger partial charge is 0.480 e. The Hall–Kier alpha value is -0.620. The molecule has 0 aromatic heterocycles. The van der Waals surface area contributed by atoms with E-state index < -0.39 is 12.0 Å².